The number of pyridine rings is 1. The van der Waals surface area contributed by atoms with Crippen LogP contribution in [0.15, 0.2) is 41.5 Å². The minimum Gasteiger partial charge on any atom is -0.350 e. The Morgan fingerprint density at radius 1 is 1.22 bits per heavy atom. The Labute approximate surface area is 181 Å². The molecule has 0 unspecified atom stereocenters. The van der Waals surface area contributed by atoms with Crippen LogP contribution in [0.5, 0.6) is 0 Å². The molecule has 0 aromatic carbocycles. The van der Waals surface area contributed by atoms with Crippen molar-refractivity contribution in [1.82, 2.24) is 29.4 Å². The van der Waals surface area contributed by atoms with Gasteiger partial charge >= 0.3 is 0 Å². The highest BCUT2D eigenvalue weighted by Crippen LogP contribution is 2.27. The van der Waals surface area contributed by atoms with E-state index in [9.17, 15) is 13.6 Å². The third kappa shape index (κ3) is 3.55. The van der Waals surface area contributed by atoms with Gasteiger partial charge < -0.3 is 10.2 Å². The van der Waals surface area contributed by atoms with Crippen LogP contribution in [0, 0.1) is 6.92 Å². The van der Waals surface area contributed by atoms with E-state index in [2.05, 4.69) is 30.4 Å². The summed E-state index contributed by atoms with van der Waals surface area (Å²) in [6, 6.07) is 6.36. The average molecular weight is 438 g/mol. The first-order valence-electron chi connectivity index (χ1n) is 10.1. The van der Waals surface area contributed by atoms with Gasteiger partial charge in [0.2, 0.25) is 0 Å². The van der Waals surface area contributed by atoms with Gasteiger partial charge in [0.1, 0.15) is 11.5 Å². The Kier molecular flexibility index (Phi) is 4.80. The van der Waals surface area contributed by atoms with Gasteiger partial charge in [0.25, 0.3) is 12.0 Å². The summed E-state index contributed by atoms with van der Waals surface area (Å²) >= 11 is 0. The fraction of sp³-hybridized carbons (Fsp3) is 0.286. The molecule has 0 fully saturated rings. The van der Waals surface area contributed by atoms with E-state index in [0.717, 1.165) is 45.3 Å². The van der Waals surface area contributed by atoms with E-state index in [-0.39, 0.29) is 5.65 Å². The summed E-state index contributed by atoms with van der Waals surface area (Å²) in [5.74, 6) is 1.46. The summed E-state index contributed by atoms with van der Waals surface area (Å²) in [6.45, 7) is 3.06. The first kappa shape index (κ1) is 20.0. The molecule has 0 saturated carbocycles. The highest BCUT2D eigenvalue weighted by atomic mass is 19.3. The number of hydrogen-bond donors (Lipinski definition) is 1. The van der Waals surface area contributed by atoms with Crippen molar-refractivity contribution >= 4 is 23.0 Å². The number of anilines is 3. The molecule has 0 amide bonds. The van der Waals surface area contributed by atoms with Crippen LogP contribution in [0.1, 0.15) is 28.9 Å². The second-order valence-corrected chi connectivity index (χ2v) is 7.71. The molecule has 164 valence electrons. The van der Waals surface area contributed by atoms with Crippen LogP contribution < -0.4 is 15.8 Å². The molecule has 0 atom stereocenters. The summed E-state index contributed by atoms with van der Waals surface area (Å²) in [5, 5.41) is 11.9. The van der Waals surface area contributed by atoms with Crippen LogP contribution in [0.3, 0.4) is 0 Å². The zero-order valence-corrected chi connectivity index (χ0v) is 17.5. The van der Waals surface area contributed by atoms with Crippen LogP contribution >= 0.6 is 0 Å². The number of halogens is 2. The summed E-state index contributed by atoms with van der Waals surface area (Å²) < 4.78 is 28.8. The van der Waals surface area contributed by atoms with E-state index in [0.29, 0.717) is 18.9 Å². The smallest absolute Gasteiger partial charge is 0.280 e. The lowest BCUT2D eigenvalue weighted by atomic mass is 10.0. The van der Waals surface area contributed by atoms with Crippen molar-refractivity contribution in [2.75, 3.05) is 16.8 Å². The number of rotatable bonds is 4. The quantitative estimate of drug-likeness (QED) is 0.524. The highest BCUT2D eigenvalue weighted by Gasteiger charge is 2.22. The van der Waals surface area contributed by atoms with E-state index >= 15 is 0 Å². The van der Waals surface area contributed by atoms with Crippen molar-refractivity contribution in [1.29, 1.82) is 0 Å². The number of aromatic nitrogens is 6. The van der Waals surface area contributed by atoms with Gasteiger partial charge in [-0.1, -0.05) is 0 Å². The monoisotopic (exact) mass is 438 g/mol. The summed E-state index contributed by atoms with van der Waals surface area (Å²) in [7, 11) is 1.85. The minimum absolute atomic E-state index is 0.107. The maximum atomic E-state index is 13.0. The lowest BCUT2D eigenvalue weighted by Crippen LogP contribution is -2.33. The zero-order chi connectivity index (χ0) is 22.4. The number of nitrogens with zero attached hydrogens (tertiary/aromatic N) is 7. The van der Waals surface area contributed by atoms with Crippen LogP contribution in [-0.2, 0) is 20.0 Å². The fourth-order valence-electron chi connectivity index (χ4n) is 3.88. The molecule has 4 aromatic rings. The first-order valence-corrected chi connectivity index (χ1v) is 10.1. The SMILES string of the molecule is Cc1cc2nc(C(F)F)cc(=O)n2nc1N1CCc2ncc(Nc3ccnn3C)cc2C1. The second-order valence-electron chi connectivity index (χ2n) is 7.71. The number of alkyl halides is 2. The van der Waals surface area contributed by atoms with E-state index in [1.807, 2.05) is 26.1 Å². The summed E-state index contributed by atoms with van der Waals surface area (Å²) in [6.07, 6.45) is 1.42. The van der Waals surface area contributed by atoms with Crippen molar-refractivity contribution in [3.05, 3.63) is 69.5 Å². The Balaban J connectivity index is 1.47. The van der Waals surface area contributed by atoms with Gasteiger partial charge in [-0.05, 0) is 30.2 Å². The van der Waals surface area contributed by atoms with Crippen LogP contribution in [0.4, 0.5) is 26.1 Å². The largest absolute Gasteiger partial charge is 0.350 e. The lowest BCUT2D eigenvalue weighted by Gasteiger charge is -2.30. The predicted molar refractivity (Wildman–Crippen MR) is 114 cm³/mol. The molecule has 4 aromatic heterocycles. The van der Waals surface area contributed by atoms with E-state index in [4.69, 9.17) is 0 Å². The Morgan fingerprint density at radius 2 is 2.06 bits per heavy atom. The van der Waals surface area contributed by atoms with Gasteiger partial charge in [-0.2, -0.15) is 9.61 Å². The third-order valence-electron chi connectivity index (χ3n) is 5.49. The molecule has 1 N–H and O–H groups in total. The molecule has 0 aliphatic carbocycles. The lowest BCUT2D eigenvalue weighted by molar-refractivity contribution is 0.146. The Hall–Kier alpha value is -3.89. The van der Waals surface area contributed by atoms with Gasteiger partial charge in [-0.15, -0.1) is 5.10 Å². The molecule has 9 nitrogen and oxygen atoms in total. The van der Waals surface area contributed by atoms with Crippen molar-refractivity contribution in [3.8, 4) is 0 Å². The minimum atomic E-state index is -2.81. The highest BCUT2D eigenvalue weighted by molar-refractivity contribution is 5.58. The molecule has 1 aliphatic heterocycles. The van der Waals surface area contributed by atoms with Gasteiger partial charge in [0.15, 0.2) is 11.5 Å². The molecule has 0 bridgehead atoms. The molecule has 0 saturated heterocycles. The van der Waals surface area contributed by atoms with E-state index in [1.165, 1.54) is 0 Å². The van der Waals surface area contributed by atoms with Gasteiger partial charge in [-0.3, -0.25) is 14.5 Å². The molecule has 11 heteroatoms. The molecular weight excluding hydrogens is 418 g/mol. The molecule has 5 rings (SSSR count). The molecule has 0 radical (unpaired) electrons. The zero-order valence-electron chi connectivity index (χ0n) is 17.5. The van der Waals surface area contributed by atoms with Crippen molar-refractivity contribution in [3.63, 3.8) is 0 Å². The molecule has 32 heavy (non-hydrogen) atoms. The molecule has 5 heterocycles. The number of nitrogens with one attached hydrogen (secondary N) is 1. The maximum Gasteiger partial charge on any atom is 0.280 e. The third-order valence-corrected chi connectivity index (χ3v) is 5.49. The normalized spacial score (nSPS) is 13.6. The topological polar surface area (TPSA) is 93.2 Å². The number of fused-ring (bicyclic) bond motifs is 2. The van der Waals surface area contributed by atoms with E-state index in [1.54, 1.807) is 23.1 Å². The predicted octanol–water partition coefficient (Wildman–Crippen LogP) is 2.77. The average Bonchev–Trinajstić information content (AvgIpc) is 3.17. The van der Waals surface area contributed by atoms with Gasteiger partial charge in [0, 0.05) is 44.4 Å². The van der Waals surface area contributed by atoms with Crippen LogP contribution in [0.2, 0.25) is 0 Å². The van der Waals surface area contributed by atoms with Crippen molar-refractivity contribution < 1.29 is 8.78 Å². The van der Waals surface area contributed by atoms with Gasteiger partial charge in [0.05, 0.1) is 18.1 Å². The molecular formula is C21H20F2N8O. The number of hydrogen-bond acceptors (Lipinski definition) is 7. The Bertz CT molecular complexity index is 1380. The van der Waals surface area contributed by atoms with E-state index < -0.39 is 17.7 Å². The van der Waals surface area contributed by atoms with Crippen LogP contribution in [-0.4, -0.2) is 35.9 Å². The standard InChI is InChI=1S/C21H20F2N8O/c1-12-7-18-27-16(20(22)23)9-19(32)31(18)28-21(12)30-6-4-15-13(11-30)8-14(10-24-15)26-17-3-5-25-29(17)2/h3,5,7-10,20,26H,4,6,11H2,1-2H3. The second kappa shape index (κ2) is 7.66. The summed E-state index contributed by atoms with van der Waals surface area (Å²) in [4.78, 5) is 22.9. The molecule has 1 aliphatic rings. The molecule has 0 spiro atoms. The van der Waals surface area contributed by atoms with Crippen molar-refractivity contribution in [2.45, 2.75) is 26.3 Å². The maximum absolute atomic E-state index is 13.0. The van der Waals surface area contributed by atoms with Crippen molar-refractivity contribution in [2.24, 2.45) is 7.05 Å². The fourth-order valence-corrected chi connectivity index (χ4v) is 3.88. The Morgan fingerprint density at radius 3 is 2.81 bits per heavy atom. The first-order chi connectivity index (χ1) is 15.4. The van der Waals surface area contributed by atoms with Gasteiger partial charge in [-0.25, -0.2) is 13.8 Å². The summed E-state index contributed by atoms with van der Waals surface area (Å²) in [5.41, 5.74) is 2.58. The van der Waals surface area contributed by atoms with Crippen LogP contribution in [0.25, 0.3) is 5.65 Å². The number of aryl methyl sites for hydroxylation is 2.